The number of nitrogens with one attached hydrogen (secondary N) is 3. The van der Waals surface area contributed by atoms with Crippen LogP contribution in [-0.4, -0.2) is 48.4 Å². The Morgan fingerprint density at radius 1 is 0.969 bits per heavy atom. The highest BCUT2D eigenvalue weighted by Gasteiger charge is 2.30. The molecule has 1 amide bonds. The molecule has 3 aromatic rings. The van der Waals surface area contributed by atoms with Crippen LogP contribution < -0.4 is 21.1 Å². The monoisotopic (exact) mass is 430 g/mol. The van der Waals surface area contributed by atoms with Gasteiger partial charge in [-0.15, -0.1) is 10.2 Å². The third-order valence-electron chi connectivity index (χ3n) is 5.83. The normalized spacial score (nSPS) is 20.8. The molecule has 2 aromatic carbocycles. The van der Waals surface area contributed by atoms with Crippen molar-refractivity contribution in [1.29, 1.82) is 0 Å². The largest absolute Gasteiger partial charge is 0.378 e. The van der Waals surface area contributed by atoms with Gasteiger partial charge in [0.2, 0.25) is 5.91 Å². The van der Waals surface area contributed by atoms with E-state index in [-0.39, 0.29) is 18.0 Å². The number of hydrazine groups is 1. The number of hydrogen-bond acceptors (Lipinski definition) is 7. The zero-order valence-electron chi connectivity index (χ0n) is 17.7. The van der Waals surface area contributed by atoms with Crippen molar-refractivity contribution in [2.75, 3.05) is 36.5 Å². The maximum absolute atomic E-state index is 12.8. The van der Waals surface area contributed by atoms with Crippen molar-refractivity contribution >= 4 is 17.4 Å². The summed E-state index contributed by atoms with van der Waals surface area (Å²) in [5.41, 5.74) is 9.90. The standard InChI is InChI=1S/C24H26N6O2/c31-24(22-16-21(27-28-22)17-5-2-1-3-6-17)25-19-8-4-7-18(15-19)20-9-10-23(29-26-20)30-11-13-32-14-12-30/h1-10,15,21-22,27-28H,11-14,16H2,(H,25,31). The molecule has 2 aliphatic rings. The van der Waals surface area contributed by atoms with Crippen molar-refractivity contribution in [2.45, 2.75) is 18.5 Å². The molecule has 0 aliphatic carbocycles. The molecule has 0 saturated carbocycles. The summed E-state index contributed by atoms with van der Waals surface area (Å²) in [5, 5.41) is 11.8. The lowest BCUT2D eigenvalue weighted by molar-refractivity contribution is -0.117. The predicted molar refractivity (Wildman–Crippen MR) is 123 cm³/mol. The van der Waals surface area contributed by atoms with Gasteiger partial charge in [0.1, 0.15) is 6.04 Å². The number of benzene rings is 2. The van der Waals surface area contributed by atoms with Gasteiger partial charge in [-0.3, -0.25) is 4.79 Å². The molecule has 2 aliphatic heterocycles. The maximum atomic E-state index is 12.8. The van der Waals surface area contributed by atoms with Crippen molar-refractivity contribution in [1.82, 2.24) is 21.0 Å². The SMILES string of the molecule is O=C(Nc1cccc(-c2ccc(N3CCOCC3)nn2)c1)C1CC(c2ccccc2)NN1. The Hall–Kier alpha value is -3.33. The van der Waals surface area contributed by atoms with Gasteiger partial charge in [0.15, 0.2) is 5.82 Å². The quantitative estimate of drug-likeness (QED) is 0.573. The highest BCUT2D eigenvalue weighted by Crippen LogP contribution is 2.25. The smallest absolute Gasteiger partial charge is 0.242 e. The van der Waals surface area contributed by atoms with Crippen LogP contribution in [0.4, 0.5) is 11.5 Å². The molecule has 5 rings (SSSR count). The summed E-state index contributed by atoms with van der Waals surface area (Å²) in [6.07, 6.45) is 0.685. The zero-order chi connectivity index (χ0) is 21.8. The fraction of sp³-hybridized carbons (Fsp3) is 0.292. The van der Waals surface area contributed by atoms with Crippen LogP contribution in [0.25, 0.3) is 11.3 Å². The second kappa shape index (κ2) is 9.44. The third-order valence-corrected chi connectivity index (χ3v) is 5.83. The highest BCUT2D eigenvalue weighted by molar-refractivity contribution is 5.95. The first kappa shape index (κ1) is 20.6. The molecule has 0 radical (unpaired) electrons. The Bertz CT molecular complexity index is 1050. The third kappa shape index (κ3) is 4.62. The molecule has 2 saturated heterocycles. The van der Waals surface area contributed by atoms with Crippen LogP contribution in [-0.2, 0) is 9.53 Å². The molecule has 2 atom stereocenters. The molecule has 32 heavy (non-hydrogen) atoms. The van der Waals surface area contributed by atoms with Gasteiger partial charge >= 0.3 is 0 Å². The Morgan fingerprint density at radius 3 is 2.59 bits per heavy atom. The van der Waals surface area contributed by atoms with E-state index in [1.807, 2.05) is 54.6 Å². The summed E-state index contributed by atoms with van der Waals surface area (Å²) in [4.78, 5) is 15.0. The van der Waals surface area contributed by atoms with E-state index in [9.17, 15) is 4.79 Å². The molecular formula is C24H26N6O2. The Morgan fingerprint density at radius 2 is 1.81 bits per heavy atom. The number of rotatable bonds is 5. The first-order valence-electron chi connectivity index (χ1n) is 10.9. The number of morpholine rings is 1. The van der Waals surface area contributed by atoms with Gasteiger partial charge in [-0.25, -0.2) is 10.9 Å². The lowest BCUT2D eigenvalue weighted by atomic mass is 10.0. The Kier molecular flexibility index (Phi) is 6.06. The van der Waals surface area contributed by atoms with Gasteiger partial charge in [-0.05, 0) is 36.2 Å². The lowest BCUT2D eigenvalue weighted by Gasteiger charge is -2.27. The fourth-order valence-corrected chi connectivity index (χ4v) is 4.06. The van der Waals surface area contributed by atoms with Gasteiger partial charge in [-0.2, -0.15) is 0 Å². The van der Waals surface area contributed by atoms with E-state index in [0.717, 1.165) is 41.4 Å². The molecule has 164 valence electrons. The maximum Gasteiger partial charge on any atom is 0.242 e. The average Bonchev–Trinajstić information content (AvgIpc) is 3.36. The van der Waals surface area contributed by atoms with Gasteiger partial charge in [0.25, 0.3) is 0 Å². The van der Waals surface area contributed by atoms with E-state index >= 15 is 0 Å². The number of anilines is 2. The Labute approximate surface area is 187 Å². The summed E-state index contributed by atoms with van der Waals surface area (Å²) in [6.45, 7) is 3.07. The van der Waals surface area contributed by atoms with Gasteiger partial charge in [0.05, 0.1) is 18.9 Å². The van der Waals surface area contributed by atoms with E-state index in [1.165, 1.54) is 0 Å². The fourth-order valence-electron chi connectivity index (χ4n) is 4.06. The summed E-state index contributed by atoms with van der Waals surface area (Å²) in [6, 6.07) is 21.6. The minimum absolute atomic E-state index is 0.0677. The molecule has 8 heteroatoms. The molecule has 3 N–H and O–H groups in total. The number of hydrogen-bond donors (Lipinski definition) is 3. The predicted octanol–water partition coefficient (Wildman–Crippen LogP) is 2.53. The number of nitrogens with zero attached hydrogens (tertiary/aromatic N) is 3. The molecule has 3 heterocycles. The molecule has 1 aromatic heterocycles. The number of carbonyl (C=O) groups is 1. The van der Waals surface area contributed by atoms with E-state index in [0.29, 0.717) is 19.6 Å². The minimum atomic E-state index is -0.309. The molecule has 0 bridgehead atoms. The van der Waals surface area contributed by atoms with E-state index in [2.05, 4.69) is 43.4 Å². The van der Waals surface area contributed by atoms with Gasteiger partial charge < -0.3 is 15.0 Å². The molecule has 8 nitrogen and oxygen atoms in total. The van der Waals surface area contributed by atoms with E-state index in [4.69, 9.17) is 4.74 Å². The first-order chi connectivity index (χ1) is 15.8. The van der Waals surface area contributed by atoms with Crippen molar-refractivity contribution < 1.29 is 9.53 Å². The van der Waals surface area contributed by atoms with Crippen LogP contribution in [0.2, 0.25) is 0 Å². The second-order valence-electron chi connectivity index (χ2n) is 7.99. The van der Waals surface area contributed by atoms with Crippen LogP contribution in [0.3, 0.4) is 0 Å². The highest BCUT2D eigenvalue weighted by atomic mass is 16.5. The molecule has 2 fully saturated rings. The average molecular weight is 431 g/mol. The first-order valence-corrected chi connectivity index (χ1v) is 10.9. The number of amides is 1. The molecule has 2 unspecified atom stereocenters. The summed E-state index contributed by atoms with van der Waals surface area (Å²) >= 11 is 0. The van der Waals surface area contributed by atoms with Crippen molar-refractivity contribution in [2.24, 2.45) is 0 Å². The summed E-state index contributed by atoms with van der Waals surface area (Å²) in [5.74, 6) is 0.788. The van der Waals surface area contributed by atoms with Crippen molar-refractivity contribution in [3.05, 3.63) is 72.3 Å². The van der Waals surface area contributed by atoms with Crippen LogP contribution >= 0.6 is 0 Å². The lowest BCUT2D eigenvalue weighted by Crippen LogP contribution is -2.39. The molecule has 0 spiro atoms. The van der Waals surface area contributed by atoms with Crippen molar-refractivity contribution in [3.8, 4) is 11.3 Å². The van der Waals surface area contributed by atoms with E-state index < -0.39 is 0 Å². The van der Waals surface area contributed by atoms with Crippen LogP contribution in [0, 0.1) is 0 Å². The number of carbonyl (C=O) groups excluding carboxylic acids is 1. The van der Waals surface area contributed by atoms with Crippen LogP contribution in [0.1, 0.15) is 18.0 Å². The topological polar surface area (TPSA) is 91.4 Å². The second-order valence-corrected chi connectivity index (χ2v) is 7.99. The number of aromatic nitrogens is 2. The van der Waals surface area contributed by atoms with Crippen LogP contribution in [0.5, 0.6) is 0 Å². The summed E-state index contributed by atoms with van der Waals surface area (Å²) in [7, 11) is 0. The minimum Gasteiger partial charge on any atom is -0.378 e. The zero-order valence-corrected chi connectivity index (χ0v) is 17.7. The summed E-state index contributed by atoms with van der Waals surface area (Å²) < 4.78 is 5.39. The van der Waals surface area contributed by atoms with E-state index in [1.54, 1.807) is 0 Å². The van der Waals surface area contributed by atoms with Crippen LogP contribution in [0.15, 0.2) is 66.7 Å². The van der Waals surface area contributed by atoms with Crippen molar-refractivity contribution in [3.63, 3.8) is 0 Å². The Balaban J connectivity index is 1.23. The van der Waals surface area contributed by atoms with Gasteiger partial charge in [-0.1, -0.05) is 42.5 Å². The molecular weight excluding hydrogens is 404 g/mol. The number of ether oxygens (including phenoxy) is 1. The van der Waals surface area contributed by atoms with Gasteiger partial charge in [0, 0.05) is 30.4 Å².